The van der Waals surface area contributed by atoms with Crippen molar-refractivity contribution < 1.29 is 4.74 Å². The first kappa shape index (κ1) is 10.4. The minimum Gasteiger partial charge on any atom is -0.368 e. The van der Waals surface area contributed by atoms with Gasteiger partial charge in [0, 0.05) is 12.1 Å². The molecule has 2 fully saturated rings. The van der Waals surface area contributed by atoms with Gasteiger partial charge in [-0.3, -0.25) is 0 Å². The van der Waals surface area contributed by atoms with Crippen molar-refractivity contribution in [2.45, 2.75) is 76.7 Å². The first-order valence-electron chi connectivity index (χ1n) is 5.85. The van der Waals surface area contributed by atoms with Crippen LogP contribution in [0.5, 0.6) is 0 Å². The molecule has 0 bridgehead atoms. The molecule has 0 aromatic carbocycles. The summed E-state index contributed by atoms with van der Waals surface area (Å²) in [7, 11) is 0. The Balaban J connectivity index is 1.96. The fourth-order valence-electron chi connectivity index (χ4n) is 2.68. The topological polar surface area (TPSA) is 21.3 Å². The minimum atomic E-state index is -0.000903. The number of ether oxygens (including phenoxy) is 1. The lowest BCUT2D eigenvalue weighted by atomic mass is 9.88. The maximum absolute atomic E-state index is 6.06. The van der Waals surface area contributed by atoms with Gasteiger partial charge in [0.2, 0.25) is 0 Å². The second-order valence-corrected chi connectivity index (χ2v) is 6.02. The van der Waals surface area contributed by atoms with Crippen LogP contribution in [0.25, 0.3) is 0 Å². The molecule has 0 spiro atoms. The van der Waals surface area contributed by atoms with Gasteiger partial charge in [-0.1, -0.05) is 6.42 Å². The van der Waals surface area contributed by atoms with E-state index in [1.54, 1.807) is 0 Å². The summed E-state index contributed by atoms with van der Waals surface area (Å²) in [5, 5.41) is 3.74. The van der Waals surface area contributed by atoms with Crippen LogP contribution in [-0.2, 0) is 4.74 Å². The van der Waals surface area contributed by atoms with Crippen LogP contribution in [0.1, 0.15) is 53.4 Å². The average molecular weight is 197 g/mol. The van der Waals surface area contributed by atoms with E-state index in [1.807, 2.05) is 0 Å². The van der Waals surface area contributed by atoms with E-state index in [2.05, 4.69) is 33.0 Å². The molecule has 2 aliphatic rings. The maximum atomic E-state index is 6.06. The molecule has 1 N–H and O–H groups in total. The average Bonchev–Trinajstić information content (AvgIpc) is 2.10. The molecule has 2 heteroatoms. The fraction of sp³-hybridized carbons (Fsp3) is 1.00. The molecule has 1 aliphatic heterocycles. The summed E-state index contributed by atoms with van der Waals surface area (Å²) in [5.41, 5.74) is 0.0456. The smallest absolute Gasteiger partial charge is 0.0787 e. The Kier molecular flexibility index (Phi) is 2.39. The van der Waals surface area contributed by atoms with Gasteiger partial charge in [-0.2, -0.15) is 0 Å². The monoisotopic (exact) mass is 197 g/mol. The SMILES string of the molecule is CC1(C)CC(NC2CCC2)C(C)(C)O1. The molecular formula is C12H23NO. The summed E-state index contributed by atoms with van der Waals surface area (Å²) in [6, 6.07) is 1.29. The standard InChI is InChI=1S/C12H23NO/c1-11(2)8-10(12(3,4)14-11)13-9-6-5-7-9/h9-10,13H,5-8H2,1-4H3. The molecule has 1 saturated carbocycles. The minimum absolute atomic E-state index is 0.000903. The zero-order valence-electron chi connectivity index (χ0n) is 9.89. The largest absolute Gasteiger partial charge is 0.368 e. The van der Waals surface area contributed by atoms with Crippen molar-refractivity contribution in [3.63, 3.8) is 0 Å². The van der Waals surface area contributed by atoms with Gasteiger partial charge in [0.1, 0.15) is 0 Å². The Morgan fingerprint density at radius 3 is 2.14 bits per heavy atom. The van der Waals surface area contributed by atoms with E-state index < -0.39 is 0 Å². The van der Waals surface area contributed by atoms with Gasteiger partial charge in [0.05, 0.1) is 11.2 Å². The third kappa shape index (κ3) is 1.96. The molecule has 0 radical (unpaired) electrons. The molecule has 0 amide bonds. The summed E-state index contributed by atoms with van der Waals surface area (Å²) in [6.45, 7) is 8.80. The summed E-state index contributed by atoms with van der Waals surface area (Å²) in [6.07, 6.45) is 5.24. The zero-order valence-corrected chi connectivity index (χ0v) is 9.89. The number of hydrogen-bond donors (Lipinski definition) is 1. The molecule has 2 rings (SSSR count). The van der Waals surface area contributed by atoms with Crippen molar-refractivity contribution in [3.8, 4) is 0 Å². The maximum Gasteiger partial charge on any atom is 0.0787 e. The van der Waals surface area contributed by atoms with Crippen molar-refractivity contribution >= 4 is 0 Å². The van der Waals surface area contributed by atoms with Gasteiger partial charge in [0.15, 0.2) is 0 Å². The number of hydrogen-bond acceptors (Lipinski definition) is 2. The van der Waals surface area contributed by atoms with Crippen LogP contribution in [0.4, 0.5) is 0 Å². The lowest BCUT2D eigenvalue weighted by molar-refractivity contribution is -0.0709. The highest BCUT2D eigenvalue weighted by Gasteiger charge is 2.46. The van der Waals surface area contributed by atoms with Crippen LogP contribution in [0.2, 0.25) is 0 Å². The summed E-state index contributed by atoms with van der Waals surface area (Å²) in [5.74, 6) is 0. The lowest BCUT2D eigenvalue weighted by Crippen LogP contribution is -2.50. The molecule has 1 saturated heterocycles. The summed E-state index contributed by atoms with van der Waals surface area (Å²) >= 11 is 0. The Bertz CT molecular complexity index is 218. The molecule has 0 aromatic heterocycles. The van der Waals surface area contributed by atoms with Gasteiger partial charge < -0.3 is 10.1 Å². The molecule has 2 nitrogen and oxygen atoms in total. The molecule has 14 heavy (non-hydrogen) atoms. The Morgan fingerprint density at radius 1 is 1.14 bits per heavy atom. The van der Waals surface area contributed by atoms with Crippen LogP contribution in [0, 0.1) is 0 Å². The second kappa shape index (κ2) is 3.21. The lowest BCUT2D eigenvalue weighted by Gasteiger charge is -2.34. The van der Waals surface area contributed by atoms with Gasteiger partial charge >= 0.3 is 0 Å². The van der Waals surface area contributed by atoms with E-state index in [1.165, 1.54) is 19.3 Å². The third-order valence-corrected chi connectivity index (χ3v) is 3.62. The molecule has 1 atom stereocenters. The van der Waals surface area contributed by atoms with Crippen LogP contribution in [0.15, 0.2) is 0 Å². The Labute approximate surface area is 87.4 Å². The molecular weight excluding hydrogens is 174 g/mol. The van der Waals surface area contributed by atoms with Crippen molar-refractivity contribution in [1.29, 1.82) is 0 Å². The first-order valence-corrected chi connectivity index (χ1v) is 5.85. The molecule has 0 aromatic rings. The quantitative estimate of drug-likeness (QED) is 0.734. The second-order valence-electron chi connectivity index (χ2n) is 6.02. The molecule has 1 heterocycles. The van der Waals surface area contributed by atoms with E-state index in [-0.39, 0.29) is 11.2 Å². The highest BCUT2D eigenvalue weighted by Crippen LogP contribution is 2.38. The van der Waals surface area contributed by atoms with E-state index in [0.717, 1.165) is 12.5 Å². The van der Waals surface area contributed by atoms with Crippen molar-refractivity contribution in [2.24, 2.45) is 0 Å². The van der Waals surface area contributed by atoms with Crippen LogP contribution >= 0.6 is 0 Å². The van der Waals surface area contributed by atoms with Crippen molar-refractivity contribution in [1.82, 2.24) is 5.32 Å². The van der Waals surface area contributed by atoms with Crippen molar-refractivity contribution in [2.75, 3.05) is 0 Å². The zero-order chi connectivity index (χ0) is 10.4. The van der Waals surface area contributed by atoms with Crippen molar-refractivity contribution in [3.05, 3.63) is 0 Å². The Morgan fingerprint density at radius 2 is 1.79 bits per heavy atom. The van der Waals surface area contributed by atoms with Gasteiger partial charge in [-0.25, -0.2) is 0 Å². The number of rotatable bonds is 2. The fourth-order valence-corrected chi connectivity index (χ4v) is 2.68. The Hall–Kier alpha value is -0.0800. The van der Waals surface area contributed by atoms with E-state index in [9.17, 15) is 0 Å². The van der Waals surface area contributed by atoms with Crippen LogP contribution in [0.3, 0.4) is 0 Å². The molecule has 1 aliphatic carbocycles. The van der Waals surface area contributed by atoms with Gasteiger partial charge in [-0.05, 0) is 47.0 Å². The van der Waals surface area contributed by atoms with E-state index in [0.29, 0.717) is 6.04 Å². The normalized spacial score (nSPS) is 35.6. The third-order valence-electron chi connectivity index (χ3n) is 3.62. The van der Waals surface area contributed by atoms with Gasteiger partial charge in [-0.15, -0.1) is 0 Å². The summed E-state index contributed by atoms with van der Waals surface area (Å²) < 4.78 is 6.06. The summed E-state index contributed by atoms with van der Waals surface area (Å²) in [4.78, 5) is 0. The van der Waals surface area contributed by atoms with E-state index in [4.69, 9.17) is 4.74 Å². The number of nitrogens with one attached hydrogen (secondary N) is 1. The first-order chi connectivity index (χ1) is 6.39. The van der Waals surface area contributed by atoms with Gasteiger partial charge in [0.25, 0.3) is 0 Å². The molecule has 82 valence electrons. The van der Waals surface area contributed by atoms with Crippen LogP contribution < -0.4 is 5.32 Å². The van der Waals surface area contributed by atoms with E-state index >= 15 is 0 Å². The van der Waals surface area contributed by atoms with Crippen LogP contribution in [-0.4, -0.2) is 23.3 Å². The molecule has 1 unspecified atom stereocenters. The highest BCUT2D eigenvalue weighted by atomic mass is 16.5. The predicted molar refractivity (Wildman–Crippen MR) is 58.4 cm³/mol. The highest BCUT2D eigenvalue weighted by molar-refractivity contribution is 5.00. The predicted octanol–water partition coefficient (Wildman–Crippen LogP) is 2.47.